The highest BCUT2D eigenvalue weighted by Crippen LogP contribution is 2.32. The maximum absolute atomic E-state index is 5.63. The van der Waals surface area contributed by atoms with Crippen LogP contribution in [0.15, 0.2) is 10.6 Å². The molecule has 0 aromatic carbocycles. The summed E-state index contributed by atoms with van der Waals surface area (Å²) in [5.74, 6) is 1.75. The second kappa shape index (κ2) is 5.36. The molecule has 3 heterocycles. The van der Waals surface area contributed by atoms with Crippen molar-refractivity contribution in [3.8, 4) is 0 Å². The van der Waals surface area contributed by atoms with Crippen LogP contribution in [0.5, 0.6) is 0 Å². The van der Waals surface area contributed by atoms with Crippen LogP contribution in [0.25, 0.3) is 0 Å². The molecule has 1 saturated heterocycles. The van der Waals surface area contributed by atoms with E-state index in [1.165, 1.54) is 11.3 Å². The van der Waals surface area contributed by atoms with Gasteiger partial charge in [0.1, 0.15) is 0 Å². The van der Waals surface area contributed by atoms with E-state index in [4.69, 9.17) is 4.42 Å². The Morgan fingerprint density at radius 2 is 2.25 bits per heavy atom. The number of nitrogens with zero attached hydrogens (tertiary/aromatic N) is 4. The second-order valence-corrected chi connectivity index (χ2v) is 5.65. The smallest absolute Gasteiger partial charge is 0.221 e. The average molecular weight is 275 g/mol. The summed E-state index contributed by atoms with van der Waals surface area (Å²) in [4.78, 5) is 2.47. The van der Waals surface area contributed by atoms with Gasteiger partial charge in [-0.15, -0.1) is 10.2 Å². The molecular formula is C14H21N5O. The van der Waals surface area contributed by atoms with Gasteiger partial charge in [0.05, 0.1) is 17.8 Å². The van der Waals surface area contributed by atoms with Gasteiger partial charge in [-0.25, -0.2) is 0 Å². The summed E-state index contributed by atoms with van der Waals surface area (Å²) in [5.41, 5.74) is 2.41. The molecule has 0 bridgehead atoms. The van der Waals surface area contributed by atoms with Gasteiger partial charge < -0.3 is 4.42 Å². The van der Waals surface area contributed by atoms with E-state index < -0.39 is 0 Å². The lowest BCUT2D eigenvalue weighted by molar-refractivity contribution is 0.117. The van der Waals surface area contributed by atoms with Crippen molar-refractivity contribution in [2.75, 3.05) is 6.54 Å². The van der Waals surface area contributed by atoms with Crippen molar-refractivity contribution < 1.29 is 4.42 Å². The quantitative estimate of drug-likeness (QED) is 0.929. The lowest BCUT2D eigenvalue weighted by atomic mass is 9.90. The van der Waals surface area contributed by atoms with Crippen molar-refractivity contribution in [2.24, 2.45) is 0 Å². The van der Waals surface area contributed by atoms with Gasteiger partial charge in [0.25, 0.3) is 0 Å². The van der Waals surface area contributed by atoms with Crippen molar-refractivity contribution in [1.82, 2.24) is 25.3 Å². The van der Waals surface area contributed by atoms with Gasteiger partial charge in [-0.05, 0) is 38.8 Å². The summed E-state index contributed by atoms with van der Waals surface area (Å²) in [7, 11) is 0. The van der Waals surface area contributed by atoms with E-state index in [2.05, 4.69) is 39.1 Å². The largest absolute Gasteiger partial charge is 0.425 e. The summed E-state index contributed by atoms with van der Waals surface area (Å²) < 4.78 is 5.63. The molecule has 2 aromatic heterocycles. The Morgan fingerprint density at radius 3 is 2.90 bits per heavy atom. The van der Waals surface area contributed by atoms with E-state index in [0.29, 0.717) is 17.9 Å². The Morgan fingerprint density at radius 1 is 1.40 bits per heavy atom. The predicted molar refractivity (Wildman–Crippen MR) is 74.2 cm³/mol. The molecule has 2 atom stereocenters. The van der Waals surface area contributed by atoms with Crippen molar-refractivity contribution in [1.29, 1.82) is 0 Å². The summed E-state index contributed by atoms with van der Waals surface area (Å²) in [6, 6.07) is 0.395. The van der Waals surface area contributed by atoms with Crippen LogP contribution in [0, 0.1) is 13.8 Å². The molecule has 0 spiro atoms. The highest BCUT2D eigenvalue weighted by molar-refractivity contribution is 5.14. The number of H-pyrrole nitrogens is 1. The third kappa shape index (κ3) is 2.47. The van der Waals surface area contributed by atoms with Crippen LogP contribution >= 0.6 is 0 Å². The van der Waals surface area contributed by atoms with E-state index in [0.717, 1.165) is 31.8 Å². The Balaban J connectivity index is 1.75. The zero-order chi connectivity index (χ0) is 14.1. The van der Waals surface area contributed by atoms with Gasteiger partial charge in [-0.2, -0.15) is 5.10 Å². The first kappa shape index (κ1) is 13.3. The monoisotopic (exact) mass is 275 g/mol. The molecule has 20 heavy (non-hydrogen) atoms. The minimum Gasteiger partial charge on any atom is -0.425 e. The molecule has 0 unspecified atom stereocenters. The first-order valence-electron chi connectivity index (χ1n) is 7.18. The van der Waals surface area contributed by atoms with Crippen LogP contribution in [0.1, 0.15) is 48.7 Å². The van der Waals surface area contributed by atoms with E-state index >= 15 is 0 Å². The predicted octanol–water partition coefficient (Wildman–Crippen LogP) is 2.18. The maximum Gasteiger partial charge on any atom is 0.221 e. The zero-order valence-electron chi connectivity index (χ0n) is 12.3. The van der Waals surface area contributed by atoms with Gasteiger partial charge in [-0.3, -0.25) is 10.00 Å². The number of likely N-dealkylation sites (tertiary alicyclic amines) is 1. The van der Waals surface area contributed by atoms with Crippen molar-refractivity contribution >= 4 is 0 Å². The normalized spacial score (nSPS) is 24.1. The van der Waals surface area contributed by atoms with Gasteiger partial charge >= 0.3 is 0 Å². The molecule has 2 aromatic rings. The van der Waals surface area contributed by atoms with Crippen LogP contribution in [-0.4, -0.2) is 37.9 Å². The highest BCUT2D eigenvalue weighted by atomic mass is 16.4. The molecule has 0 aliphatic carbocycles. The van der Waals surface area contributed by atoms with Gasteiger partial charge in [0, 0.05) is 19.5 Å². The van der Waals surface area contributed by atoms with E-state index in [1.54, 1.807) is 0 Å². The standard InChI is InChI=1S/C14H21N5O/c1-9-7-15-17-13(9)8-19-6-4-5-12(10(19)2)14-18-16-11(3)20-14/h7,10,12H,4-6,8H2,1-3H3,(H,15,17)/t10-,12-/m0/s1. The molecule has 6 heteroatoms. The Kier molecular flexibility index (Phi) is 3.56. The highest BCUT2D eigenvalue weighted by Gasteiger charge is 2.32. The Hall–Kier alpha value is -1.69. The molecule has 108 valence electrons. The molecule has 0 amide bonds. The number of nitrogens with one attached hydrogen (secondary N) is 1. The molecule has 6 nitrogen and oxygen atoms in total. The average Bonchev–Trinajstić information content (AvgIpc) is 3.02. The van der Waals surface area contributed by atoms with Crippen LogP contribution < -0.4 is 0 Å². The number of aryl methyl sites for hydroxylation is 2. The van der Waals surface area contributed by atoms with E-state index in [9.17, 15) is 0 Å². The fraction of sp³-hybridized carbons (Fsp3) is 0.643. The molecule has 1 aliphatic rings. The third-order valence-corrected chi connectivity index (χ3v) is 4.27. The fourth-order valence-electron chi connectivity index (χ4n) is 2.96. The van der Waals surface area contributed by atoms with E-state index in [1.807, 2.05) is 13.1 Å². The number of hydrogen-bond acceptors (Lipinski definition) is 5. The van der Waals surface area contributed by atoms with Gasteiger partial charge in [0.15, 0.2) is 0 Å². The fourth-order valence-corrected chi connectivity index (χ4v) is 2.96. The number of piperidine rings is 1. The summed E-state index contributed by atoms with van der Waals surface area (Å²) >= 11 is 0. The number of aromatic amines is 1. The van der Waals surface area contributed by atoms with Gasteiger partial charge in [0.2, 0.25) is 11.8 Å². The van der Waals surface area contributed by atoms with E-state index in [-0.39, 0.29) is 0 Å². The molecule has 1 aliphatic heterocycles. The molecule has 3 rings (SSSR count). The number of aromatic nitrogens is 4. The van der Waals surface area contributed by atoms with Crippen LogP contribution in [0.3, 0.4) is 0 Å². The minimum atomic E-state index is 0.327. The first-order valence-corrected chi connectivity index (χ1v) is 7.18. The first-order chi connectivity index (χ1) is 9.65. The van der Waals surface area contributed by atoms with Crippen molar-refractivity contribution in [3.05, 3.63) is 29.2 Å². The molecular weight excluding hydrogens is 254 g/mol. The number of rotatable bonds is 3. The summed E-state index contributed by atoms with van der Waals surface area (Å²) in [6.45, 7) is 8.18. The van der Waals surface area contributed by atoms with Crippen LogP contribution in [0.2, 0.25) is 0 Å². The molecule has 1 fully saturated rings. The van der Waals surface area contributed by atoms with Crippen LogP contribution in [0.4, 0.5) is 0 Å². The maximum atomic E-state index is 5.63. The third-order valence-electron chi connectivity index (χ3n) is 4.27. The van der Waals surface area contributed by atoms with Crippen LogP contribution in [-0.2, 0) is 6.54 Å². The lowest BCUT2D eigenvalue weighted by Gasteiger charge is -2.37. The summed E-state index contributed by atoms with van der Waals surface area (Å²) in [5, 5.41) is 15.4. The lowest BCUT2D eigenvalue weighted by Crippen LogP contribution is -2.42. The SMILES string of the molecule is Cc1nnc([C@H]2CCCN(Cc3[nH]ncc3C)[C@H]2C)o1. The minimum absolute atomic E-state index is 0.327. The topological polar surface area (TPSA) is 70.8 Å². The molecule has 0 radical (unpaired) electrons. The molecule has 1 N–H and O–H groups in total. The number of hydrogen-bond donors (Lipinski definition) is 1. The zero-order valence-corrected chi connectivity index (χ0v) is 12.3. The van der Waals surface area contributed by atoms with Crippen molar-refractivity contribution in [2.45, 2.75) is 52.1 Å². The van der Waals surface area contributed by atoms with Crippen molar-refractivity contribution in [3.63, 3.8) is 0 Å². The Labute approximate surface area is 118 Å². The second-order valence-electron chi connectivity index (χ2n) is 5.65. The molecule has 0 saturated carbocycles. The Bertz CT molecular complexity index is 576. The van der Waals surface area contributed by atoms with Gasteiger partial charge in [-0.1, -0.05) is 0 Å². The summed E-state index contributed by atoms with van der Waals surface area (Å²) in [6.07, 6.45) is 4.15.